The molecule has 1 saturated carbocycles. The standard InChI is InChI=1S/C20H24Br2N2O2/c1-19(2)8-13-9-20(3,10-19)11-23(13)16-7-17(25)24(18(16)26)15-5-4-12(21)6-14(15)22/h4-6,13,16H,7-11H2,1-3H3/p+1/t13?,16?,20-/m0/s1. The van der Waals surface area contributed by atoms with E-state index in [9.17, 15) is 9.59 Å². The second kappa shape index (κ2) is 6.14. The number of rotatable bonds is 2. The van der Waals surface area contributed by atoms with Gasteiger partial charge in [-0.05, 0) is 46.0 Å². The Balaban J connectivity index is 1.62. The minimum absolute atomic E-state index is 0.0398. The van der Waals surface area contributed by atoms with Gasteiger partial charge in [0.2, 0.25) is 5.91 Å². The van der Waals surface area contributed by atoms with E-state index < -0.39 is 0 Å². The molecule has 3 fully saturated rings. The summed E-state index contributed by atoms with van der Waals surface area (Å²) < 4.78 is 1.68. The molecule has 6 heteroatoms. The normalized spacial score (nSPS) is 36.0. The number of amides is 2. The molecule has 2 saturated heterocycles. The minimum Gasteiger partial charge on any atom is -0.321 e. The number of carbonyl (C=O) groups excluding carboxylic acids is 2. The smallest absolute Gasteiger partial charge is 0.292 e. The lowest BCUT2D eigenvalue weighted by Crippen LogP contribution is -3.18. The molecule has 4 atom stereocenters. The third kappa shape index (κ3) is 3.08. The van der Waals surface area contributed by atoms with Crippen LogP contribution in [0.15, 0.2) is 27.1 Å². The summed E-state index contributed by atoms with van der Waals surface area (Å²) in [5, 5.41) is 0. The fourth-order valence-corrected chi connectivity index (χ4v) is 7.14. The van der Waals surface area contributed by atoms with Crippen LogP contribution < -0.4 is 9.80 Å². The number of imide groups is 1. The van der Waals surface area contributed by atoms with Crippen molar-refractivity contribution < 1.29 is 14.5 Å². The summed E-state index contributed by atoms with van der Waals surface area (Å²) in [6.07, 6.45) is 3.84. The van der Waals surface area contributed by atoms with Crippen LogP contribution in [0.4, 0.5) is 5.69 Å². The highest BCUT2D eigenvalue weighted by atomic mass is 79.9. The molecular formula is C20H25Br2N2O2+. The predicted molar refractivity (Wildman–Crippen MR) is 108 cm³/mol. The number of carbonyl (C=O) groups is 2. The van der Waals surface area contributed by atoms with Crippen LogP contribution >= 0.6 is 31.9 Å². The van der Waals surface area contributed by atoms with Crippen molar-refractivity contribution in [2.75, 3.05) is 11.4 Å². The highest BCUT2D eigenvalue weighted by Crippen LogP contribution is 2.47. The van der Waals surface area contributed by atoms with Crippen molar-refractivity contribution in [2.24, 2.45) is 10.8 Å². The van der Waals surface area contributed by atoms with E-state index in [1.807, 2.05) is 18.2 Å². The number of quaternary nitrogens is 1. The number of fused-ring (bicyclic) bond motifs is 2. The van der Waals surface area contributed by atoms with Crippen LogP contribution in [0, 0.1) is 10.8 Å². The van der Waals surface area contributed by atoms with Gasteiger partial charge in [0.1, 0.15) is 0 Å². The zero-order valence-electron chi connectivity index (χ0n) is 15.4. The van der Waals surface area contributed by atoms with Gasteiger partial charge in [0.15, 0.2) is 6.04 Å². The largest absolute Gasteiger partial charge is 0.321 e. The zero-order chi connectivity index (χ0) is 18.9. The van der Waals surface area contributed by atoms with Gasteiger partial charge in [-0.2, -0.15) is 0 Å². The molecule has 4 nitrogen and oxygen atoms in total. The predicted octanol–water partition coefficient (Wildman–Crippen LogP) is 3.33. The van der Waals surface area contributed by atoms with Gasteiger partial charge in [-0.3, -0.25) is 9.59 Å². The topological polar surface area (TPSA) is 41.8 Å². The Kier molecular flexibility index (Phi) is 4.40. The highest BCUT2D eigenvalue weighted by Gasteiger charge is 2.58. The summed E-state index contributed by atoms with van der Waals surface area (Å²) in [6.45, 7) is 8.04. The molecule has 0 aromatic heterocycles. The van der Waals surface area contributed by atoms with E-state index in [1.165, 1.54) is 22.6 Å². The molecule has 2 aliphatic heterocycles. The van der Waals surface area contributed by atoms with Crippen LogP contribution in [-0.4, -0.2) is 30.4 Å². The average molecular weight is 485 g/mol. The maximum absolute atomic E-state index is 13.2. The van der Waals surface area contributed by atoms with Gasteiger partial charge in [0.25, 0.3) is 5.91 Å². The van der Waals surface area contributed by atoms with Crippen molar-refractivity contribution in [3.05, 3.63) is 27.1 Å². The average Bonchev–Trinajstić information content (AvgIpc) is 2.92. The number of benzene rings is 1. The van der Waals surface area contributed by atoms with Gasteiger partial charge in [-0.25, -0.2) is 4.90 Å². The van der Waals surface area contributed by atoms with E-state index in [4.69, 9.17) is 0 Å². The Morgan fingerprint density at radius 2 is 1.88 bits per heavy atom. The maximum atomic E-state index is 13.2. The quantitative estimate of drug-likeness (QED) is 0.654. The lowest BCUT2D eigenvalue weighted by atomic mass is 9.65. The van der Waals surface area contributed by atoms with Crippen molar-refractivity contribution >= 4 is 49.4 Å². The fourth-order valence-electron chi connectivity index (χ4n) is 5.91. The van der Waals surface area contributed by atoms with E-state index >= 15 is 0 Å². The molecule has 1 aromatic carbocycles. The van der Waals surface area contributed by atoms with Crippen molar-refractivity contribution in [1.82, 2.24) is 0 Å². The number of likely N-dealkylation sites (tertiary alicyclic amines) is 1. The van der Waals surface area contributed by atoms with Gasteiger partial charge in [0, 0.05) is 27.2 Å². The number of halogens is 2. The molecule has 1 N–H and O–H groups in total. The van der Waals surface area contributed by atoms with Gasteiger partial charge >= 0.3 is 0 Å². The lowest BCUT2D eigenvalue weighted by molar-refractivity contribution is -0.929. The minimum atomic E-state index is -0.237. The first-order chi connectivity index (χ1) is 12.1. The van der Waals surface area contributed by atoms with E-state index in [2.05, 4.69) is 52.6 Å². The molecule has 3 aliphatic rings. The van der Waals surface area contributed by atoms with Crippen molar-refractivity contribution in [2.45, 2.75) is 58.5 Å². The first-order valence-electron chi connectivity index (χ1n) is 9.26. The van der Waals surface area contributed by atoms with Crippen molar-refractivity contribution in [1.29, 1.82) is 0 Å². The van der Waals surface area contributed by atoms with E-state index in [0.717, 1.165) is 21.9 Å². The van der Waals surface area contributed by atoms with Crippen LogP contribution in [0.3, 0.4) is 0 Å². The summed E-state index contributed by atoms with van der Waals surface area (Å²) in [4.78, 5) is 28.7. The SMILES string of the molecule is CC1(C)CC2C[C@](C)(C[NH+]2C2CC(=O)N(c3ccc(Br)cc3Br)C2=O)C1. The molecule has 2 heterocycles. The van der Waals surface area contributed by atoms with Gasteiger partial charge in [0.05, 0.1) is 24.7 Å². The van der Waals surface area contributed by atoms with Crippen LogP contribution in [0.1, 0.15) is 46.5 Å². The van der Waals surface area contributed by atoms with Crippen LogP contribution in [-0.2, 0) is 9.59 Å². The number of nitrogens with one attached hydrogen (secondary N) is 1. The zero-order valence-corrected chi connectivity index (χ0v) is 18.6. The summed E-state index contributed by atoms with van der Waals surface area (Å²) in [6, 6.07) is 5.82. The summed E-state index contributed by atoms with van der Waals surface area (Å²) in [5.41, 5.74) is 1.26. The number of hydrogen-bond acceptors (Lipinski definition) is 2. The third-order valence-corrected chi connectivity index (χ3v) is 7.47. The van der Waals surface area contributed by atoms with E-state index in [1.54, 1.807) is 0 Å². The lowest BCUT2D eigenvalue weighted by Gasteiger charge is -2.37. The second-order valence-corrected chi connectivity index (χ2v) is 11.2. The number of hydrogen-bond donors (Lipinski definition) is 1. The van der Waals surface area contributed by atoms with Gasteiger partial charge in [-0.15, -0.1) is 0 Å². The number of anilines is 1. The summed E-state index contributed by atoms with van der Waals surface area (Å²) in [7, 11) is 0. The monoisotopic (exact) mass is 483 g/mol. The third-order valence-electron chi connectivity index (χ3n) is 6.34. The maximum Gasteiger partial charge on any atom is 0.292 e. The molecule has 1 aliphatic carbocycles. The van der Waals surface area contributed by atoms with Crippen LogP contribution in [0.5, 0.6) is 0 Å². The van der Waals surface area contributed by atoms with Crippen LogP contribution in [0.2, 0.25) is 0 Å². The van der Waals surface area contributed by atoms with E-state index in [0.29, 0.717) is 23.6 Å². The van der Waals surface area contributed by atoms with Crippen LogP contribution in [0.25, 0.3) is 0 Å². The van der Waals surface area contributed by atoms with Gasteiger partial charge in [-0.1, -0.05) is 36.7 Å². The molecule has 3 unspecified atom stereocenters. The Bertz CT molecular complexity index is 794. The first-order valence-corrected chi connectivity index (χ1v) is 10.8. The summed E-state index contributed by atoms with van der Waals surface area (Å²) >= 11 is 6.93. The molecule has 0 spiro atoms. The Labute approximate surface area is 171 Å². The highest BCUT2D eigenvalue weighted by molar-refractivity contribution is 9.11. The van der Waals surface area contributed by atoms with Crippen molar-refractivity contribution in [3.8, 4) is 0 Å². The molecule has 26 heavy (non-hydrogen) atoms. The summed E-state index contributed by atoms with van der Waals surface area (Å²) in [5.74, 6) is -0.122. The Hall–Kier alpha value is -0.720. The molecule has 1 aromatic rings. The van der Waals surface area contributed by atoms with E-state index in [-0.39, 0.29) is 23.3 Å². The van der Waals surface area contributed by atoms with Crippen molar-refractivity contribution in [3.63, 3.8) is 0 Å². The Morgan fingerprint density at radius 1 is 1.15 bits per heavy atom. The molecule has 2 bridgehead atoms. The number of nitrogens with zero attached hydrogens (tertiary/aromatic N) is 1. The Morgan fingerprint density at radius 3 is 2.58 bits per heavy atom. The molecular weight excluding hydrogens is 460 g/mol. The fraction of sp³-hybridized carbons (Fsp3) is 0.600. The molecule has 140 valence electrons. The first kappa shape index (κ1) is 18.6. The second-order valence-electron chi connectivity index (χ2n) is 9.43. The molecule has 2 amide bonds. The molecule has 4 rings (SSSR count). The molecule has 0 radical (unpaired) electrons. The van der Waals surface area contributed by atoms with Gasteiger partial charge < -0.3 is 4.90 Å².